The maximum Gasteiger partial charge on any atom is 0.410 e. The average molecular weight is 669 g/mol. The van der Waals surface area contributed by atoms with Crippen molar-refractivity contribution >= 4 is 34.4 Å². The van der Waals surface area contributed by atoms with E-state index >= 15 is 4.39 Å². The highest BCUT2D eigenvalue weighted by molar-refractivity contribution is 6.04. The van der Waals surface area contributed by atoms with Crippen LogP contribution in [-0.4, -0.2) is 56.6 Å². The number of amides is 2. The van der Waals surface area contributed by atoms with Gasteiger partial charge in [0.05, 0.1) is 16.9 Å². The molecule has 1 aliphatic heterocycles. The molecule has 2 aliphatic rings. The van der Waals surface area contributed by atoms with Crippen LogP contribution in [-0.2, 0) is 9.53 Å². The zero-order valence-corrected chi connectivity index (χ0v) is 28.7. The van der Waals surface area contributed by atoms with Crippen LogP contribution in [0.2, 0.25) is 0 Å². The summed E-state index contributed by atoms with van der Waals surface area (Å²) in [6.07, 6.45) is 10.6. The molecule has 3 heterocycles. The zero-order chi connectivity index (χ0) is 34.5. The predicted octanol–water partition coefficient (Wildman–Crippen LogP) is 8.65. The van der Waals surface area contributed by atoms with Crippen molar-refractivity contribution in [1.29, 1.82) is 0 Å². The van der Waals surface area contributed by atoms with Gasteiger partial charge >= 0.3 is 6.09 Å². The average Bonchev–Trinajstić information content (AvgIpc) is 3.07. The Hall–Kier alpha value is -4.80. The highest BCUT2D eigenvalue weighted by atomic mass is 19.1. The number of carbonyl (C=O) groups is 2. The van der Waals surface area contributed by atoms with E-state index in [-0.39, 0.29) is 23.7 Å². The zero-order valence-electron chi connectivity index (χ0n) is 28.7. The highest BCUT2D eigenvalue weighted by Crippen LogP contribution is 2.40. The molecule has 6 rings (SSSR count). The molecular formula is C38H45FN6O4. The highest BCUT2D eigenvalue weighted by Gasteiger charge is 2.28. The van der Waals surface area contributed by atoms with Crippen LogP contribution in [0.5, 0.6) is 11.6 Å². The fraction of sp³-hybridized carbons (Fsp3) is 0.447. The molecule has 1 aliphatic carbocycles. The Balaban J connectivity index is 1.22. The molecule has 2 amide bonds. The minimum Gasteiger partial charge on any atom is -0.444 e. The summed E-state index contributed by atoms with van der Waals surface area (Å²) in [5.41, 5.74) is 1.66. The second-order valence-electron chi connectivity index (χ2n) is 14.1. The number of pyridine rings is 1. The molecule has 0 unspecified atom stereocenters. The van der Waals surface area contributed by atoms with Gasteiger partial charge in [-0.1, -0.05) is 31.4 Å². The predicted molar refractivity (Wildman–Crippen MR) is 188 cm³/mol. The van der Waals surface area contributed by atoms with Crippen LogP contribution >= 0.6 is 0 Å². The minimum absolute atomic E-state index is 0.0442. The minimum atomic E-state index is -0.564. The van der Waals surface area contributed by atoms with Crippen molar-refractivity contribution < 1.29 is 23.5 Å². The molecule has 0 spiro atoms. The summed E-state index contributed by atoms with van der Waals surface area (Å²) in [6, 6.07) is 12.1. The van der Waals surface area contributed by atoms with E-state index in [9.17, 15) is 9.59 Å². The first-order chi connectivity index (χ1) is 23.5. The van der Waals surface area contributed by atoms with Crippen LogP contribution in [0.25, 0.3) is 22.0 Å². The topological polar surface area (TPSA) is 119 Å². The number of hydrogen-bond donors (Lipinski definition) is 2. The number of nitrogens with zero attached hydrogens (tertiary/aromatic N) is 4. The van der Waals surface area contributed by atoms with E-state index in [4.69, 9.17) is 14.5 Å². The Morgan fingerprint density at radius 2 is 1.76 bits per heavy atom. The maximum atomic E-state index is 15.2. The Kier molecular flexibility index (Phi) is 10.3. The second-order valence-corrected chi connectivity index (χ2v) is 14.1. The molecule has 2 aromatic heterocycles. The van der Waals surface area contributed by atoms with Crippen molar-refractivity contribution in [2.45, 2.75) is 90.7 Å². The van der Waals surface area contributed by atoms with Crippen molar-refractivity contribution in [2.24, 2.45) is 5.92 Å². The molecule has 1 atom stereocenters. The number of likely N-dealkylation sites (tertiary alicyclic amines) is 1. The first-order valence-corrected chi connectivity index (χ1v) is 17.3. The van der Waals surface area contributed by atoms with Gasteiger partial charge < -0.3 is 25.0 Å². The van der Waals surface area contributed by atoms with E-state index < -0.39 is 11.4 Å². The molecule has 2 N–H and O–H groups in total. The van der Waals surface area contributed by atoms with Crippen molar-refractivity contribution in [3.63, 3.8) is 0 Å². The second kappa shape index (κ2) is 14.8. The number of aryl methyl sites for hydroxylation is 1. The van der Waals surface area contributed by atoms with Gasteiger partial charge in [0.15, 0.2) is 0 Å². The summed E-state index contributed by atoms with van der Waals surface area (Å²) in [6.45, 7) is 8.61. The number of piperidine rings is 1. The molecule has 258 valence electrons. The first kappa shape index (κ1) is 34.1. The normalized spacial score (nSPS) is 17.1. The largest absolute Gasteiger partial charge is 0.444 e. The van der Waals surface area contributed by atoms with Gasteiger partial charge in [-0.05, 0) is 95.2 Å². The number of nitrogens with one attached hydrogen (secondary N) is 2. The van der Waals surface area contributed by atoms with Gasteiger partial charge in [-0.15, -0.1) is 0 Å². The molecule has 4 aromatic rings. The van der Waals surface area contributed by atoms with Gasteiger partial charge in [0.1, 0.15) is 17.2 Å². The Bertz CT molecular complexity index is 1820. The molecule has 1 saturated carbocycles. The molecular weight excluding hydrogens is 623 g/mol. The number of aromatic nitrogens is 3. The van der Waals surface area contributed by atoms with Crippen molar-refractivity contribution in [1.82, 2.24) is 19.9 Å². The van der Waals surface area contributed by atoms with E-state index in [1.807, 2.05) is 52.0 Å². The number of benzene rings is 2. The summed E-state index contributed by atoms with van der Waals surface area (Å²) < 4.78 is 27.3. The molecule has 11 heteroatoms. The van der Waals surface area contributed by atoms with E-state index in [0.717, 1.165) is 44.1 Å². The number of fused-ring (bicyclic) bond motifs is 1. The first-order valence-electron chi connectivity index (χ1n) is 17.3. The lowest BCUT2D eigenvalue weighted by Crippen LogP contribution is -2.47. The van der Waals surface area contributed by atoms with Gasteiger partial charge in [-0.2, -0.15) is 0 Å². The van der Waals surface area contributed by atoms with E-state index in [1.54, 1.807) is 29.4 Å². The number of ether oxygens (including phenoxy) is 2. The van der Waals surface area contributed by atoms with E-state index in [1.165, 1.54) is 12.5 Å². The Labute approximate surface area is 286 Å². The molecule has 10 nitrogen and oxygen atoms in total. The number of halogens is 1. The van der Waals surface area contributed by atoms with Crippen molar-refractivity contribution in [3.05, 3.63) is 66.2 Å². The third-order valence-corrected chi connectivity index (χ3v) is 9.07. The summed E-state index contributed by atoms with van der Waals surface area (Å²) in [5, 5.41) is 7.47. The van der Waals surface area contributed by atoms with Crippen LogP contribution in [0.1, 0.15) is 77.7 Å². The summed E-state index contributed by atoms with van der Waals surface area (Å²) in [5.74, 6) is 0.926. The summed E-state index contributed by atoms with van der Waals surface area (Å²) in [7, 11) is 0. The molecule has 0 bridgehead atoms. The Morgan fingerprint density at radius 1 is 0.959 bits per heavy atom. The lowest BCUT2D eigenvalue weighted by molar-refractivity contribution is -0.117. The van der Waals surface area contributed by atoms with Gasteiger partial charge in [-0.3, -0.25) is 4.79 Å². The van der Waals surface area contributed by atoms with Gasteiger partial charge in [0.25, 0.3) is 0 Å². The maximum absolute atomic E-state index is 15.2. The van der Waals surface area contributed by atoms with Crippen molar-refractivity contribution in [2.75, 3.05) is 23.7 Å². The monoisotopic (exact) mass is 668 g/mol. The number of anilines is 2. The molecule has 49 heavy (non-hydrogen) atoms. The van der Waals surface area contributed by atoms with Crippen LogP contribution in [0.3, 0.4) is 0 Å². The van der Waals surface area contributed by atoms with Crippen LogP contribution in [0.4, 0.5) is 20.8 Å². The SMILES string of the molecule is Cc1ccc2c(NC(=O)CC3CCCCC3)c(F)ccc2c1Oc1ncccc1-c1ccnc(N[C@H]2CCCN(C(=O)OC(C)(C)C)C2)n1. The lowest BCUT2D eigenvalue weighted by Gasteiger charge is -2.34. The van der Waals surface area contributed by atoms with E-state index in [0.29, 0.717) is 65.0 Å². The van der Waals surface area contributed by atoms with Gasteiger partial charge in [-0.25, -0.2) is 24.1 Å². The third-order valence-electron chi connectivity index (χ3n) is 9.07. The van der Waals surface area contributed by atoms with Crippen LogP contribution in [0.15, 0.2) is 54.9 Å². The quantitative estimate of drug-likeness (QED) is 0.192. The molecule has 2 aromatic carbocycles. The molecule has 0 radical (unpaired) electrons. The number of carbonyl (C=O) groups excluding carboxylic acids is 2. The molecule has 1 saturated heterocycles. The lowest BCUT2D eigenvalue weighted by atomic mass is 9.87. The summed E-state index contributed by atoms with van der Waals surface area (Å²) >= 11 is 0. The van der Waals surface area contributed by atoms with Gasteiger partial charge in [0, 0.05) is 48.7 Å². The van der Waals surface area contributed by atoms with Crippen molar-refractivity contribution in [3.8, 4) is 22.9 Å². The van der Waals surface area contributed by atoms with Gasteiger partial charge in [0.2, 0.25) is 17.7 Å². The fourth-order valence-corrected chi connectivity index (χ4v) is 6.68. The fourth-order valence-electron chi connectivity index (χ4n) is 6.68. The van der Waals surface area contributed by atoms with Crippen LogP contribution < -0.4 is 15.4 Å². The number of hydrogen-bond acceptors (Lipinski definition) is 8. The standard InChI is InChI=1S/C38H45FN6O4/c1-24-14-15-27-28(16-17-30(39)33(27)44-32(46)22-25-10-6-5-7-11-25)34(24)48-35-29(13-8-19-40-35)31-18-20-41-36(43-31)42-26-12-9-21-45(23-26)37(47)49-38(2,3)4/h8,13-20,25-26H,5-7,9-12,21-23H2,1-4H3,(H,44,46)(H,41,42,43)/t26-/m0/s1. The van der Waals surface area contributed by atoms with Crippen LogP contribution in [0, 0.1) is 18.7 Å². The smallest absolute Gasteiger partial charge is 0.410 e. The Morgan fingerprint density at radius 3 is 2.55 bits per heavy atom. The summed E-state index contributed by atoms with van der Waals surface area (Å²) in [4.78, 5) is 41.2. The molecule has 2 fully saturated rings. The van der Waals surface area contributed by atoms with E-state index in [2.05, 4.69) is 20.6 Å². The number of rotatable bonds is 8. The third kappa shape index (κ3) is 8.44.